The third-order valence-electron chi connectivity index (χ3n) is 2.87. The number of carbonyl (C=O) groups is 1. The van der Waals surface area contributed by atoms with Crippen molar-refractivity contribution >= 4 is 17.4 Å². The van der Waals surface area contributed by atoms with E-state index in [2.05, 4.69) is 22.5 Å². The highest BCUT2D eigenvalue weighted by Gasteiger charge is 2.25. The van der Waals surface area contributed by atoms with Crippen LogP contribution in [0.25, 0.3) is 0 Å². The second-order valence-electron chi connectivity index (χ2n) is 6.92. The molecule has 0 radical (unpaired) electrons. The Hall–Kier alpha value is -1.14. The maximum absolute atomic E-state index is 11.8. The van der Waals surface area contributed by atoms with Gasteiger partial charge >= 0.3 is 6.09 Å². The van der Waals surface area contributed by atoms with Crippen LogP contribution in [0, 0.1) is 6.92 Å². The molecule has 1 aromatic heterocycles. The number of carbonyl (C=O) groups excluding carboxylic acids is 1. The highest BCUT2D eigenvalue weighted by molar-refractivity contribution is 7.09. The van der Waals surface area contributed by atoms with E-state index in [1.807, 2.05) is 47.1 Å². The fourth-order valence-corrected chi connectivity index (χ4v) is 2.69. The number of hydrogen-bond acceptors (Lipinski definition) is 5. The maximum Gasteiger partial charge on any atom is 0.408 e. The molecule has 0 aliphatic carbocycles. The van der Waals surface area contributed by atoms with Crippen molar-refractivity contribution in [2.24, 2.45) is 0 Å². The van der Waals surface area contributed by atoms with Crippen LogP contribution in [0.4, 0.5) is 4.79 Å². The Labute approximate surface area is 131 Å². The number of rotatable bonds is 5. The molecule has 1 atom stereocenters. The van der Waals surface area contributed by atoms with Crippen molar-refractivity contribution in [1.29, 1.82) is 0 Å². The van der Waals surface area contributed by atoms with E-state index in [1.165, 1.54) is 4.88 Å². The maximum atomic E-state index is 11.8. The lowest BCUT2D eigenvalue weighted by molar-refractivity contribution is 0.0471. The van der Waals surface area contributed by atoms with Crippen LogP contribution in [0.15, 0.2) is 5.51 Å². The van der Waals surface area contributed by atoms with E-state index in [4.69, 9.17) is 4.74 Å². The predicted octanol–water partition coefficient (Wildman–Crippen LogP) is 3.41. The van der Waals surface area contributed by atoms with Gasteiger partial charge < -0.3 is 15.4 Å². The van der Waals surface area contributed by atoms with Crippen molar-refractivity contribution in [2.45, 2.75) is 65.6 Å². The lowest BCUT2D eigenvalue weighted by Crippen LogP contribution is -2.51. The zero-order chi connectivity index (χ0) is 16.3. The molecule has 1 unspecified atom stereocenters. The summed E-state index contributed by atoms with van der Waals surface area (Å²) in [6.45, 7) is 14.3. The molecule has 0 aromatic carbocycles. The van der Waals surface area contributed by atoms with Gasteiger partial charge in [0.15, 0.2) is 0 Å². The standard InChI is InChI=1S/C15H27N3O2S/c1-10(12-11(2)17-9-21-12)16-8-15(6,7)18-13(19)20-14(3,4)5/h9-10,16H,8H2,1-7H3,(H,18,19). The number of alkyl carbamates (subject to hydrolysis) is 1. The highest BCUT2D eigenvalue weighted by atomic mass is 32.1. The van der Waals surface area contributed by atoms with Crippen LogP contribution >= 0.6 is 11.3 Å². The number of aryl methyl sites for hydroxylation is 1. The summed E-state index contributed by atoms with van der Waals surface area (Å²) in [5.41, 5.74) is 2.03. The molecule has 1 rings (SSSR count). The van der Waals surface area contributed by atoms with Crippen LogP contribution in [0.1, 0.15) is 58.2 Å². The third-order valence-corrected chi connectivity index (χ3v) is 3.98. The van der Waals surface area contributed by atoms with Gasteiger partial charge in [-0.05, 0) is 48.5 Å². The zero-order valence-corrected chi connectivity index (χ0v) is 14.9. The molecule has 0 bridgehead atoms. The lowest BCUT2D eigenvalue weighted by Gasteiger charge is -2.30. The summed E-state index contributed by atoms with van der Waals surface area (Å²) >= 11 is 1.64. The minimum atomic E-state index is -0.485. The van der Waals surface area contributed by atoms with E-state index in [0.717, 1.165) is 5.69 Å². The van der Waals surface area contributed by atoms with Crippen molar-refractivity contribution < 1.29 is 9.53 Å². The number of ether oxygens (including phenoxy) is 1. The topological polar surface area (TPSA) is 63.2 Å². The Bertz CT molecular complexity index is 478. The van der Waals surface area contributed by atoms with Gasteiger partial charge in [-0.25, -0.2) is 9.78 Å². The fourth-order valence-electron chi connectivity index (χ4n) is 1.85. The SMILES string of the molecule is Cc1ncsc1C(C)NCC(C)(C)NC(=O)OC(C)(C)C. The first-order valence-corrected chi connectivity index (χ1v) is 8.03. The fraction of sp³-hybridized carbons (Fsp3) is 0.733. The van der Waals surface area contributed by atoms with Gasteiger partial charge in [-0.1, -0.05) is 0 Å². The Morgan fingerprint density at radius 2 is 2.00 bits per heavy atom. The number of thiazole rings is 1. The first kappa shape index (κ1) is 17.9. The predicted molar refractivity (Wildman–Crippen MR) is 86.7 cm³/mol. The molecule has 1 amide bonds. The molecule has 5 nitrogen and oxygen atoms in total. The summed E-state index contributed by atoms with van der Waals surface area (Å²) in [4.78, 5) is 17.3. The Morgan fingerprint density at radius 3 is 2.48 bits per heavy atom. The summed E-state index contributed by atoms with van der Waals surface area (Å²) in [7, 11) is 0. The molecule has 0 saturated carbocycles. The van der Waals surface area contributed by atoms with E-state index in [9.17, 15) is 4.79 Å². The molecule has 0 aliphatic heterocycles. The van der Waals surface area contributed by atoms with Gasteiger partial charge in [-0.2, -0.15) is 0 Å². The highest BCUT2D eigenvalue weighted by Crippen LogP contribution is 2.21. The van der Waals surface area contributed by atoms with Crippen molar-refractivity contribution in [3.8, 4) is 0 Å². The van der Waals surface area contributed by atoms with Crippen LogP contribution in [-0.4, -0.2) is 28.8 Å². The molecular weight excluding hydrogens is 286 g/mol. The summed E-state index contributed by atoms with van der Waals surface area (Å²) in [6.07, 6.45) is -0.393. The first-order valence-electron chi connectivity index (χ1n) is 7.15. The summed E-state index contributed by atoms with van der Waals surface area (Å²) in [5, 5.41) is 6.33. The molecule has 1 aromatic rings. The average molecular weight is 313 g/mol. The second-order valence-corrected chi connectivity index (χ2v) is 7.80. The molecule has 21 heavy (non-hydrogen) atoms. The van der Waals surface area contributed by atoms with Crippen LogP contribution in [0.5, 0.6) is 0 Å². The van der Waals surface area contributed by atoms with E-state index < -0.39 is 17.2 Å². The molecule has 0 spiro atoms. The average Bonchev–Trinajstić information content (AvgIpc) is 2.69. The smallest absolute Gasteiger partial charge is 0.408 e. The number of aromatic nitrogens is 1. The normalized spacial score (nSPS) is 13.9. The Balaban J connectivity index is 2.49. The van der Waals surface area contributed by atoms with Crippen molar-refractivity contribution in [2.75, 3.05) is 6.54 Å². The molecule has 0 aliphatic rings. The van der Waals surface area contributed by atoms with Crippen LogP contribution in [0.3, 0.4) is 0 Å². The van der Waals surface area contributed by atoms with E-state index in [-0.39, 0.29) is 6.04 Å². The van der Waals surface area contributed by atoms with Gasteiger partial charge in [0.2, 0.25) is 0 Å². The molecular formula is C15H27N3O2S. The van der Waals surface area contributed by atoms with Crippen molar-refractivity contribution in [3.63, 3.8) is 0 Å². The van der Waals surface area contributed by atoms with Crippen LogP contribution in [-0.2, 0) is 4.74 Å². The summed E-state index contributed by atoms with van der Waals surface area (Å²) in [5.74, 6) is 0. The monoisotopic (exact) mass is 313 g/mol. The first-order chi connectivity index (χ1) is 9.50. The molecule has 2 N–H and O–H groups in total. The number of hydrogen-bond donors (Lipinski definition) is 2. The molecule has 0 saturated heterocycles. The van der Waals surface area contributed by atoms with Crippen molar-refractivity contribution in [3.05, 3.63) is 16.1 Å². The van der Waals surface area contributed by atoms with Gasteiger partial charge in [0.1, 0.15) is 5.60 Å². The van der Waals surface area contributed by atoms with Crippen LogP contribution in [0.2, 0.25) is 0 Å². The van der Waals surface area contributed by atoms with Crippen molar-refractivity contribution in [1.82, 2.24) is 15.6 Å². The van der Waals surface area contributed by atoms with E-state index in [0.29, 0.717) is 6.54 Å². The van der Waals surface area contributed by atoms with Crippen LogP contribution < -0.4 is 10.6 Å². The summed E-state index contributed by atoms with van der Waals surface area (Å²) in [6, 6.07) is 0.206. The largest absolute Gasteiger partial charge is 0.444 e. The van der Waals surface area contributed by atoms with Gasteiger partial charge in [0.25, 0.3) is 0 Å². The molecule has 6 heteroatoms. The quantitative estimate of drug-likeness (QED) is 0.874. The molecule has 120 valence electrons. The number of nitrogens with one attached hydrogen (secondary N) is 2. The second kappa shape index (κ2) is 6.75. The minimum Gasteiger partial charge on any atom is -0.444 e. The van der Waals surface area contributed by atoms with Gasteiger partial charge in [-0.3, -0.25) is 0 Å². The van der Waals surface area contributed by atoms with Gasteiger partial charge in [-0.15, -0.1) is 11.3 Å². The van der Waals surface area contributed by atoms with E-state index in [1.54, 1.807) is 11.3 Å². The Kier molecular flexibility index (Phi) is 5.75. The zero-order valence-electron chi connectivity index (χ0n) is 14.0. The summed E-state index contributed by atoms with van der Waals surface area (Å²) < 4.78 is 5.29. The number of amides is 1. The Morgan fingerprint density at radius 1 is 1.38 bits per heavy atom. The molecule has 0 fully saturated rings. The molecule has 1 heterocycles. The third kappa shape index (κ3) is 6.44. The van der Waals surface area contributed by atoms with Gasteiger partial charge in [0, 0.05) is 17.5 Å². The number of nitrogens with zero attached hydrogens (tertiary/aromatic N) is 1. The lowest BCUT2D eigenvalue weighted by atomic mass is 10.1. The minimum absolute atomic E-state index is 0.206. The van der Waals surface area contributed by atoms with Gasteiger partial charge in [0.05, 0.1) is 16.7 Å². The van der Waals surface area contributed by atoms with E-state index >= 15 is 0 Å².